The van der Waals surface area contributed by atoms with Crippen LogP contribution in [0, 0.1) is 0 Å². The first-order valence-corrected chi connectivity index (χ1v) is 9.47. The minimum absolute atomic E-state index is 0.150. The van der Waals surface area contributed by atoms with Crippen LogP contribution in [-0.4, -0.2) is 33.9 Å². The maximum Gasteiger partial charge on any atom is 0.228 e. The molecule has 0 saturated carbocycles. The minimum Gasteiger partial charge on any atom is -0.360 e. The second kappa shape index (κ2) is 6.00. The normalized spacial score (nSPS) is 17.2. The number of nitrogens with zero attached hydrogens (tertiary/aromatic N) is 3. The van der Waals surface area contributed by atoms with Gasteiger partial charge in [-0.1, -0.05) is 36.4 Å². The van der Waals surface area contributed by atoms with Gasteiger partial charge in [-0.05, 0) is 11.4 Å². The standard InChI is InChI=1S/C20H17N3O2S/c24-18(9-15-7-4-8-26-15)23-12-20(13-23)16-10-21-19(22-17(16)11-25-20)14-5-2-1-3-6-14/h1-8,10H,9,11-13H2. The molecular formula is C20H17N3O2S. The number of hydrogen-bond acceptors (Lipinski definition) is 5. The van der Waals surface area contributed by atoms with E-state index in [0.29, 0.717) is 26.1 Å². The van der Waals surface area contributed by atoms with Crippen LogP contribution in [0.3, 0.4) is 0 Å². The van der Waals surface area contributed by atoms with Crippen LogP contribution in [-0.2, 0) is 28.2 Å². The molecule has 2 aromatic heterocycles. The highest BCUT2D eigenvalue weighted by Gasteiger charge is 2.52. The first-order chi connectivity index (χ1) is 12.7. The Morgan fingerprint density at radius 1 is 1.19 bits per heavy atom. The molecule has 1 saturated heterocycles. The van der Waals surface area contributed by atoms with Crippen molar-refractivity contribution >= 4 is 17.2 Å². The Morgan fingerprint density at radius 3 is 2.81 bits per heavy atom. The van der Waals surface area contributed by atoms with E-state index in [9.17, 15) is 4.79 Å². The molecule has 0 N–H and O–H groups in total. The summed E-state index contributed by atoms with van der Waals surface area (Å²) in [5.41, 5.74) is 2.54. The lowest BCUT2D eigenvalue weighted by Gasteiger charge is -2.47. The lowest BCUT2D eigenvalue weighted by Crippen LogP contribution is -2.61. The number of carbonyl (C=O) groups excluding carboxylic acids is 1. The Hall–Kier alpha value is -2.57. The molecule has 0 radical (unpaired) electrons. The maximum absolute atomic E-state index is 12.4. The number of rotatable bonds is 3. The van der Waals surface area contributed by atoms with Crippen LogP contribution in [0.2, 0.25) is 0 Å². The highest BCUT2D eigenvalue weighted by molar-refractivity contribution is 7.10. The van der Waals surface area contributed by atoms with Gasteiger partial charge in [-0.3, -0.25) is 4.79 Å². The monoisotopic (exact) mass is 363 g/mol. The van der Waals surface area contributed by atoms with Gasteiger partial charge in [0.2, 0.25) is 5.91 Å². The molecule has 1 amide bonds. The van der Waals surface area contributed by atoms with Crippen LogP contribution in [0.25, 0.3) is 11.4 Å². The molecule has 2 aliphatic heterocycles. The van der Waals surface area contributed by atoms with Crippen LogP contribution in [0.5, 0.6) is 0 Å². The molecular weight excluding hydrogens is 346 g/mol. The van der Waals surface area contributed by atoms with Gasteiger partial charge in [-0.2, -0.15) is 0 Å². The van der Waals surface area contributed by atoms with E-state index in [4.69, 9.17) is 9.72 Å². The molecule has 3 aromatic rings. The number of ether oxygens (including phenoxy) is 1. The first-order valence-electron chi connectivity index (χ1n) is 8.59. The maximum atomic E-state index is 12.4. The van der Waals surface area contributed by atoms with Crippen molar-refractivity contribution in [3.05, 3.63) is 70.2 Å². The smallest absolute Gasteiger partial charge is 0.228 e. The summed E-state index contributed by atoms with van der Waals surface area (Å²) in [5, 5.41) is 2.00. The molecule has 5 rings (SSSR count). The Balaban J connectivity index is 1.33. The summed E-state index contributed by atoms with van der Waals surface area (Å²) in [7, 11) is 0. The fraction of sp³-hybridized carbons (Fsp3) is 0.250. The summed E-state index contributed by atoms with van der Waals surface area (Å²) in [4.78, 5) is 24.6. The van der Waals surface area contributed by atoms with Gasteiger partial charge in [0.05, 0.1) is 31.8 Å². The van der Waals surface area contributed by atoms with Crippen molar-refractivity contribution in [2.24, 2.45) is 0 Å². The molecule has 130 valence electrons. The first kappa shape index (κ1) is 15.7. The molecule has 0 aliphatic carbocycles. The van der Waals surface area contributed by atoms with Crippen molar-refractivity contribution < 1.29 is 9.53 Å². The summed E-state index contributed by atoms with van der Waals surface area (Å²) in [6.45, 7) is 1.64. The van der Waals surface area contributed by atoms with Crippen molar-refractivity contribution in [1.82, 2.24) is 14.9 Å². The molecule has 6 heteroatoms. The Bertz CT molecular complexity index is 950. The zero-order valence-corrected chi connectivity index (χ0v) is 14.9. The molecule has 1 aromatic carbocycles. The van der Waals surface area contributed by atoms with Crippen LogP contribution in [0.15, 0.2) is 54.0 Å². The quantitative estimate of drug-likeness (QED) is 0.718. The molecule has 26 heavy (non-hydrogen) atoms. The van der Waals surface area contributed by atoms with E-state index in [0.717, 1.165) is 27.5 Å². The summed E-state index contributed by atoms with van der Waals surface area (Å²) in [6, 6.07) is 13.9. The van der Waals surface area contributed by atoms with Crippen LogP contribution < -0.4 is 0 Å². The number of thiophene rings is 1. The van der Waals surface area contributed by atoms with Crippen LogP contribution in [0.4, 0.5) is 0 Å². The van der Waals surface area contributed by atoms with Crippen molar-refractivity contribution in [3.63, 3.8) is 0 Å². The number of aromatic nitrogens is 2. The van der Waals surface area contributed by atoms with Gasteiger partial charge in [0, 0.05) is 22.2 Å². The van der Waals surface area contributed by atoms with Gasteiger partial charge < -0.3 is 9.64 Å². The highest BCUT2D eigenvalue weighted by Crippen LogP contribution is 2.43. The lowest BCUT2D eigenvalue weighted by molar-refractivity contribution is -0.168. The number of hydrogen-bond donors (Lipinski definition) is 0. The van der Waals surface area contributed by atoms with E-state index in [1.807, 2.05) is 58.9 Å². The number of benzene rings is 1. The van der Waals surface area contributed by atoms with Gasteiger partial charge in [-0.25, -0.2) is 9.97 Å². The number of amides is 1. The zero-order valence-electron chi connectivity index (χ0n) is 14.1. The number of likely N-dealkylation sites (tertiary alicyclic amines) is 1. The molecule has 0 atom stereocenters. The lowest BCUT2D eigenvalue weighted by atomic mass is 9.87. The summed E-state index contributed by atoms with van der Waals surface area (Å²) in [5.74, 6) is 0.868. The number of carbonyl (C=O) groups is 1. The molecule has 0 unspecified atom stereocenters. The predicted octanol–water partition coefficient (Wildman–Crippen LogP) is 3.02. The van der Waals surface area contributed by atoms with Crippen molar-refractivity contribution in [3.8, 4) is 11.4 Å². The second-order valence-corrected chi connectivity index (χ2v) is 7.74. The molecule has 4 heterocycles. The van der Waals surface area contributed by atoms with E-state index in [1.54, 1.807) is 11.3 Å². The second-order valence-electron chi connectivity index (χ2n) is 6.71. The van der Waals surface area contributed by atoms with E-state index < -0.39 is 5.60 Å². The fourth-order valence-corrected chi connectivity index (χ4v) is 4.30. The van der Waals surface area contributed by atoms with E-state index in [2.05, 4.69) is 4.98 Å². The van der Waals surface area contributed by atoms with E-state index in [1.165, 1.54) is 0 Å². The van der Waals surface area contributed by atoms with Crippen molar-refractivity contribution in [1.29, 1.82) is 0 Å². The third-order valence-electron chi connectivity index (χ3n) is 5.03. The van der Waals surface area contributed by atoms with Gasteiger partial charge in [0.25, 0.3) is 0 Å². The average molecular weight is 363 g/mol. The molecule has 5 nitrogen and oxygen atoms in total. The zero-order chi connectivity index (χ0) is 17.6. The summed E-state index contributed by atoms with van der Waals surface area (Å²) in [6.07, 6.45) is 2.34. The topological polar surface area (TPSA) is 55.3 Å². The SMILES string of the molecule is O=C(Cc1cccs1)N1CC2(C1)OCc1nc(-c3ccccc3)ncc12. The van der Waals surface area contributed by atoms with Crippen LogP contribution >= 0.6 is 11.3 Å². The third kappa shape index (κ3) is 2.53. The molecule has 0 bridgehead atoms. The third-order valence-corrected chi connectivity index (χ3v) is 5.90. The van der Waals surface area contributed by atoms with Gasteiger partial charge in [-0.15, -0.1) is 11.3 Å². The van der Waals surface area contributed by atoms with Crippen LogP contribution in [0.1, 0.15) is 16.1 Å². The van der Waals surface area contributed by atoms with Gasteiger partial charge >= 0.3 is 0 Å². The largest absolute Gasteiger partial charge is 0.360 e. The Kier molecular flexibility index (Phi) is 3.62. The predicted molar refractivity (Wildman–Crippen MR) is 98.5 cm³/mol. The summed E-state index contributed by atoms with van der Waals surface area (Å²) < 4.78 is 6.06. The van der Waals surface area contributed by atoms with Gasteiger partial charge in [0.15, 0.2) is 5.82 Å². The van der Waals surface area contributed by atoms with Gasteiger partial charge in [0.1, 0.15) is 5.60 Å². The van der Waals surface area contributed by atoms with Crippen molar-refractivity contribution in [2.45, 2.75) is 18.6 Å². The fourth-order valence-electron chi connectivity index (χ4n) is 3.60. The minimum atomic E-state index is -0.421. The summed E-state index contributed by atoms with van der Waals surface area (Å²) >= 11 is 1.62. The molecule has 2 aliphatic rings. The van der Waals surface area contributed by atoms with E-state index >= 15 is 0 Å². The van der Waals surface area contributed by atoms with Crippen molar-refractivity contribution in [2.75, 3.05) is 13.1 Å². The molecule has 1 fully saturated rings. The number of fused-ring (bicyclic) bond motifs is 2. The average Bonchev–Trinajstić information content (AvgIpc) is 3.28. The Morgan fingerprint density at radius 2 is 2.04 bits per heavy atom. The Labute approximate surface area is 155 Å². The highest BCUT2D eigenvalue weighted by atomic mass is 32.1. The molecule has 1 spiro atoms. The van der Waals surface area contributed by atoms with E-state index in [-0.39, 0.29) is 5.91 Å².